The minimum Gasteiger partial charge on any atom is -0.391 e. The van der Waals surface area contributed by atoms with Gasteiger partial charge in [-0.3, -0.25) is 4.79 Å². The molecule has 2 atom stereocenters. The van der Waals surface area contributed by atoms with Gasteiger partial charge in [0.2, 0.25) is 5.91 Å². The van der Waals surface area contributed by atoms with E-state index in [-0.39, 0.29) is 18.1 Å². The number of hydrogen-bond donors (Lipinski definition) is 2. The quantitative estimate of drug-likeness (QED) is 0.661. The number of nitrogens with one attached hydrogen (secondary N) is 1. The van der Waals surface area contributed by atoms with E-state index in [1.165, 1.54) is 6.42 Å². The highest BCUT2D eigenvalue weighted by atomic mass is 16.3. The summed E-state index contributed by atoms with van der Waals surface area (Å²) in [6.45, 7) is 2.15. The maximum Gasteiger partial charge on any atom is 0.220 e. The fourth-order valence-corrected chi connectivity index (χ4v) is 1.93. The Balaban J connectivity index is 2.21. The van der Waals surface area contributed by atoms with Crippen LogP contribution in [0.3, 0.4) is 0 Å². The van der Waals surface area contributed by atoms with Crippen LogP contribution in [0.2, 0.25) is 0 Å². The van der Waals surface area contributed by atoms with Crippen LogP contribution in [0.25, 0.3) is 0 Å². The van der Waals surface area contributed by atoms with Gasteiger partial charge >= 0.3 is 0 Å². The first-order valence-electron chi connectivity index (χ1n) is 5.71. The zero-order chi connectivity index (χ0) is 10.4. The Morgan fingerprint density at radius 3 is 3.00 bits per heavy atom. The predicted molar refractivity (Wildman–Crippen MR) is 55.9 cm³/mol. The SMILES string of the molecule is CCCCC[C@@H](O)[C@H]1CCCC(=O)N1. The molecule has 1 aliphatic rings. The Bertz CT molecular complexity index is 182. The van der Waals surface area contributed by atoms with Crippen LogP contribution in [0.5, 0.6) is 0 Å². The lowest BCUT2D eigenvalue weighted by Gasteiger charge is -2.27. The van der Waals surface area contributed by atoms with Gasteiger partial charge < -0.3 is 10.4 Å². The van der Waals surface area contributed by atoms with Crippen LogP contribution in [-0.2, 0) is 4.79 Å². The zero-order valence-corrected chi connectivity index (χ0v) is 8.96. The van der Waals surface area contributed by atoms with Crippen molar-refractivity contribution in [1.82, 2.24) is 5.32 Å². The second kappa shape index (κ2) is 6.02. The third-order valence-electron chi connectivity index (χ3n) is 2.83. The molecule has 1 amide bonds. The molecule has 14 heavy (non-hydrogen) atoms. The summed E-state index contributed by atoms with van der Waals surface area (Å²) in [5.41, 5.74) is 0. The molecule has 0 unspecified atom stereocenters. The second-order valence-electron chi connectivity index (χ2n) is 4.13. The number of aliphatic hydroxyl groups excluding tert-OH is 1. The van der Waals surface area contributed by atoms with Crippen LogP contribution in [-0.4, -0.2) is 23.2 Å². The van der Waals surface area contributed by atoms with Gasteiger partial charge in [0, 0.05) is 6.42 Å². The number of aliphatic hydroxyl groups is 1. The lowest BCUT2D eigenvalue weighted by atomic mass is 9.96. The molecule has 3 nitrogen and oxygen atoms in total. The fraction of sp³-hybridized carbons (Fsp3) is 0.909. The number of rotatable bonds is 5. The molecule has 1 fully saturated rings. The van der Waals surface area contributed by atoms with Crippen molar-refractivity contribution in [3.05, 3.63) is 0 Å². The van der Waals surface area contributed by atoms with Gasteiger partial charge in [-0.15, -0.1) is 0 Å². The summed E-state index contributed by atoms with van der Waals surface area (Å²) in [5.74, 6) is 0.0933. The van der Waals surface area contributed by atoms with Gasteiger partial charge in [-0.25, -0.2) is 0 Å². The first-order chi connectivity index (χ1) is 6.74. The van der Waals surface area contributed by atoms with Crippen LogP contribution in [0.1, 0.15) is 51.9 Å². The molecule has 0 aromatic heterocycles. The topological polar surface area (TPSA) is 49.3 Å². The van der Waals surface area contributed by atoms with Gasteiger partial charge in [-0.2, -0.15) is 0 Å². The molecule has 0 spiro atoms. The van der Waals surface area contributed by atoms with Crippen molar-refractivity contribution in [3.63, 3.8) is 0 Å². The average molecular weight is 199 g/mol. The third kappa shape index (κ3) is 3.66. The highest BCUT2D eigenvalue weighted by molar-refractivity contribution is 5.77. The fourth-order valence-electron chi connectivity index (χ4n) is 1.93. The minimum absolute atomic E-state index is 0.00751. The Labute approximate surface area is 85.9 Å². The maximum absolute atomic E-state index is 11.1. The molecular formula is C11H21NO2. The van der Waals surface area contributed by atoms with Gasteiger partial charge in [-0.1, -0.05) is 26.2 Å². The molecule has 0 aliphatic carbocycles. The molecule has 0 aromatic carbocycles. The molecule has 0 bridgehead atoms. The van der Waals surface area contributed by atoms with Gasteiger partial charge in [0.25, 0.3) is 0 Å². The summed E-state index contributed by atoms with van der Waals surface area (Å²) in [7, 11) is 0. The van der Waals surface area contributed by atoms with E-state index in [0.29, 0.717) is 6.42 Å². The highest BCUT2D eigenvalue weighted by Gasteiger charge is 2.24. The molecule has 3 heteroatoms. The van der Waals surface area contributed by atoms with E-state index in [0.717, 1.165) is 32.1 Å². The van der Waals surface area contributed by atoms with Crippen LogP contribution in [0, 0.1) is 0 Å². The smallest absolute Gasteiger partial charge is 0.220 e. The number of piperidine rings is 1. The van der Waals surface area contributed by atoms with Crippen LogP contribution >= 0.6 is 0 Å². The van der Waals surface area contributed by atoms with Crippen LogP contribution < -0.4 is 5.32 Å². The Hall–Kier alpha value is -0.570. The molecule has 1 saturated heterocycles. The molecule has 2 N–H and O–H groups in total. The van der Waals surface area contributed by atoms with E-state index >= 15 is 0 Å². The van der Waals surface area contributed by atoms with Crippen molar-refractivity contribution in [2.45, 2.75) is 64.0 Å². The van der Waals surface area contributed by atoms with E-state index in [9.17, 15) is 9.90 Å². The number of amides is 1. The summed E-state index contributed by atoms with van der Waals surface area (Å²) in [4.78, 5) is 11.1. The van der Waals surface area contributed by atoms with E-state index in [4.69, 9.17) is 0 Å². The third-order valence-corrected chi connectivity index (χ3v) is 2.83. The number of carbonyl (C=O) groups is 1. The lowest BCUT2D eigenvalue weighted by molar-refractivity contribution is -0.124. The van der Waals surface area contributed by atoms with Crippen molar-refractivity contribution in [2.24, 2.45) is 0 Å². The molecular weight excluding hydrogens is 178 g/mol. The van der Waals surface area contributed by atoms with Gasteiger partial charge in [-0.05, 0) is 19.3 Å². The van der Waals surface area contributed by atoms with Gasteiger partial charge in [0.05, 0.1) is 12.1 Å². The van der Waals surface area contributed by atoms with Gasteiger partial charge in [0.1, 0.15) is 0 Å². The van der Waals surface area contributed by atoms with Crippen molar-refractivity contribution in [3.8, 4) is 0 Å². The molecule has 1 heterocycles. The zero-order valence-electron chi connectivity index (χ0n) is 8.96. The Kier molecular flexibility index (Phi) is 4.94. The first kappa shape index (κ1) is 11.5. The lowest BCUT2D eigenvalue weighted by Crippen LogP contribution is -2.46. The van der Waals surface area contributed by atoms with Crippen LogP contribution in [0.15, 0.2) is 0 Å². The molecule has 0 aromatic rings. The maximum atomic E-state index is 11.1. The first-order valence-corrected chi connectivity index (χ1v) is 5.71. The molecule has 1 aliphatic heterocycles. The molecule has 0 saturated carbocycles. The Morgan fingerprint density at radius 1 is 1.57 bits per heavy atom. The number of hydrogen-bond acceptors (Lipinski definition) is 2. The Morgan fingerprint density at radius 2 is 2.36 bits per heavy atom. The summed E-state index contributed by atoms with van der Waals surface area (Å²) in [6, 6.07) is 0.00751. The highest BCUT2D eigenvalue weighted by Crippen LogP contribution is 2.15. The van der Waals surface area contributed by atoms with E-state index in [1.807, 2.05) is 0 Å². The predicted octanol–water partition coefficient (Wildman–Crippen LogP) is 1.60. The largest absolute Gasteiger partial charge is 0.391 e. The van der Waals surface area contributed by atoms with E-state index < -0.39 is 0 Å². The molecule has 0 radical (unpaired) electrons. The van der Waals surface area contributed by atoms with Gasteiger partial charge in [0.15, 0.2) is 0 Å². The number of unbranched alkanes of at least 4 members (excludes halogenated alkanes) is 2. The summed E-state index contributed by atoms with van der Waals surface area (Å²) >= 11 is 0. The van der Waals surface area contributed by atoms with E-state index in [2.05, 4.69) is 12.2 Å². The minimum atomic E-state index is -0.342. The van der Waals surface area contributed by atoms with Crippen molar-refractivity contribution >= 4 is 5.91 Å². The van der Waals surface area contributed by atoms with Crippen LogP contribution in [0.4, 0.5) is 0 Å². The molecule has 82 valence electrons. The van der Waals surface area contributed by atoms with Crippen molar-refractivity contribution in [2.75, 3.05) is 0 Å². The summed E-state index contributed by atoms with van der Waals surface area (Å²) in [6.07, 6.45) is 6.34. The second-order valence-corrected chi connectivity index (χ2v) is 4.13. The van der Waals surface area contributed by atoms with Crippen molar-refractivity contribution in [1.29, 1.82) is 0 Å². The number of carbonyl (C=O) groups excluding carboxylic acids is 1. The normalized spacial score (nSPS) is 24.4. The average Bonchev–Trinajstić information content (AvgIpc) is 2.18. The van der Waals surface area contributed by atoms with E-state index in [1.54, 1.807) is 0 Å². The van der Waals surface area contributed by atoms with Crippen molar-refractivity contribution < 1.29 is 9.90 Å². The monoisotopic (exact) mass is 199 g/mol. The summed E-state index contributed by atoms with van der Waals surface area (Å²) in [5, 5.41) is 12.7. The standard InChI is InChI=1S/C11H21NO2/c1-2-3-4-7-10(13)9-6-5-8-11(14)12-9/h9-10,13H,2-8H2,1H3,(H,12,14)/t9-,10-/m1/s1. The summed E-state index contributed by atoms with van der Waals surface area (Å²) < 4.78 is 0. The molecule has 1 rings (SSSR count).